The molecule has 0 aliphatic rings. The Morgan fingerprint density at radius 2 is 2.08 bits per heavy atom. The Morgan fingerprint density at radius 1 is 1.29 bits per heavy atom. The average Bonchev–Trinajstić information content (AvgIpc) is 3.18. The van der Waals surface area contributed by atoms with Crippen LogP contribution in [0, 0.1) is 0 Å². The number of aromatic amines is 1. The van der Waals surface area contributed by atoms with Crippen LogP contribution in [0.25, 0.3) is 11.3 Å². The molecule has 0 unspecified atom stereocenters. The van der Waals surface area contributed by atoms with Crippen molar-refractivity contribution in [1.29, 1.82) is 0 Å². The first-order valence-electron chi connectivity index (χ1n) is 7.18. The van der Waals surface area contributed by atoms with Crippen molar-refractivity contribution in [3.05, 3.63) is 58.0 Å². The predicted octanol–water partition coefficient (Wildman–Crippen LogP) is 3.39. The van der Waals surface area contributed by atoms with Crippen LogP contribution in [0.2, 0.25) is 10.0 Å². The fourth-order valence-electron chi connectivity index (χ4n) is 2.34. The van der Waals surface area contributed by atoms with Gasteiger partial charge in [-0.05, 0) is 18.2 Å². The molecule has 1 aromatic carbocycles. The second-order valence-electron chi connectivity index (χ2n) is 5.48. The topological polar surface area (TPSA) is 66.8 Å². The minimum absolute atomic E-state index is 0.155. The lowest BCUT2D eigenvalue weighted by Gasteiger charge is -2.14. The molecule has 0 atom stereocenters. The molecule has 0 aliphatic carbocycles. The fourth-order valence-corrected chi connectivity index (χ4v) is 2.64. The maximum atomic E-state index is 12.5. The average molecular weight is 364 g/mol. The van der Waals surface area contributed by atoms with Crippen LogP contribution in [0.4, 0.5) is 0 Å². The zero-order valence-corrected chi connectivity index (χ0v) is 14.6. The zero-order chi connectivity index (χ0) is 17.3. The lowest BCUT2D eigenvalue weighted by atomic mass is 10.1. The second kappa shape index (κ2) is 6.67. The molecular formula is C16H15Cl2N5O. The summed E-state index contributed by atoms with van der Waals surface area (Å²) in [5.74, 6) is -0.155. The van der Waals surface area contributed by atoms with Crippen LogP contribution >= 0.6 is 23.2 Å². The van der Waals surface area contributed by atoms with E-state index in [-0.39, 0.29) is 5.91 Å². The summed E-state index contributed by atoms with van der Waals surface area (Å²) in [6, 6.07) is 6.91. The fraction of sp³-hybridized carbons (Fsp3) is 0.188. The Kier molecular flexibility index (Phi) is 4.59. The number of rotatable bonds is 4. The molecule has 1 amide bonds. The standard InChI is InChI=1S/C16H15Cl2N5O/c1-22(8-10-7-19-23(2)9-10)16(24)15-6-14(20-21-15)11-3-4-12(17)13(18)5-11/h3-7,9H,8H2,1-2H3,(H,20,21). The molecule has 0 radical (unpaired) electrons. The van der Waals surface area contributed by atoms with E-state index in [4.69, 9.17) is 23.2 Å². The van der Waals surface area contributed by atoms with E-state index in [2.05, 4.69) is 15.3 Å². The SMILES string of the molecule is CN(Cc1cnn(C)c1)C(=O)c1cc(-c2ccc(Cl)c(Cl)c2)n[nH]1. The van der Waals surface area contributed by atoms with E-state index in [1.165, 1.54) is 0 Å². The molecule has 6 nitrogen and oxygen atoms in total. The molecule has 0 fully saturated rings. The van der Waals surface area contributed by atoms with E-state index in [0.717, 1.165) is 11.1 Å². The van der Waals surface area contributed by atoms with Gasteiger partial charge >= 0.3 is 0 Å². The number of carbonyl (C=O) groups is 1. The van der Waals surface area contributed by atoms with E-state index < -0.39 is 0 Å². The Hall–Kier alpha value is -2.31. The summed E-state index contributed by atoms with van der Waals surface area (Å²) < 4.78 is 1.70. The summed E-state index contributed by atoms with van der Waals surface area (Å²) in [4.78, 5) is 14.1. The van der Waals surface area contributed by atoms with Crippen molar-refractivity contribution in [1.82, 2.24) is 24.9 Å². The third-order valence-corrected chi connectivity index (χ3v) is 4.29. The van der Waals surface area contributed by atoms with Gasteiger partial charge < -0.3 is 4.90 Å². The van der Waals surface area contributed by atoms with E-state index in [1.807, 2.05) is 13.2 Å². The Morgan fingerprint density at radius 3 is 2.75 bits per heavy atom. The number of H-pyrrole nitrogens is 1. The van der Waals surface area contributed by atoms with Gasteiger partial charge in [-0.3, -0.25) is 14.6 Å². The molecule has 1 N–H and O–H groups in total. The van der Waals surface area contributed by atoms with Gasteiger partial charge in [0.2, 0.25) is 0 Å². The van der Waals surface area contributed by atoms with Crippen molar-refractivity contribution in [3.63, 3.8) is 0 Å². The first kappa shape index (κ1) is 16.5. The number of benzene rings is 1. The number of hydrogen-bond acceptors (Lipinski definition) is 3. The van der Waals surface area contributed by atoms with Crippen molar-refractivity contribution < 1.29 is 4.79 Å². The van der Waals surface area contributed by atoms with Gasteiger partial charge in [0, 0.05) is 38.0 Å². The summed E-state index contributed by atoms with van der Waals surface area (Å²) in [5, 5.41) is 12.0. The van der Waals surface area contributed by atoms with Gasteiger partial charge in [-0.1, -0.05) is 29.3 Å². The second-order valence-corrected chi connectivity index (χ2v) is 6.29. The number of aromatic nitrogens is 4. The molecule has 3 rings (SSSR count). The van der Waals surface area contributed by atoms with Gasteiger partial charge in [0.1, 0.15) is 5.69 Å². The first-order valence-corrected chi connectivity index (χ1v) is 7.93. The Bertz CT molecular complexity index is 886. The lowest BCUT2D eigenvalue weighted by Crippen LogP contribution is -2.26. The van der Waals surface area contributed by atoms with Gasteiger partial charge in [0.25, 0.3) is 5.91 Å². The number of amides is 1. The third kappa shape index (κ3) is 3.44. The van der Waals surface area contributed by atoms with Gasteiger partial charge in [-0.15, -0.1) is 0 Å². The molecule has 24 heavy (non-hydrogen) atoms. The zero-order valence-electron chi connectivity index (χ0n) is 13.1. The van der Waals surface area contributed by atoms with Crippen LogP contribution in [0.5, 0.6) is 0 Å². The van der Waals surface area contributed by atoms with Gasteiger partial charge in [0.05, 0.1) is 21.9 Å². The first-order chi connectivity index (χ1) is 11.4. The van der Waals surface area contributed by atoms with E-state index >= 15 is 0 Å². The molecule has 2 aromatic heterocycles. The van der Waals surface area contributed by atoms with Gasteiger partial charge in [-0.25, -0.2) is 0 Å². The van der Waals surface area contributed by atoms with Crippen molar-refractivity contribution in [2.45, 2.75) is 6.54 Å². The monoisotopic (exact) mass is 363 g/mol. The van der Waals surface area contributed by atoms with Crippen molar-refractivity contribution >= 4 is 29.1 Å². The molecule has 0 aliphatic heterocycles. The highest BCUT2D eigenvalue weighted by Gasteiger charge is 2.16. The van der Waals surface area contributed by atoms with Crippen molar-refractivity contribution in [3.8, 4) is 11.3 Å². The van der Waals surface area contributed by atoms with Crippen LogP contribution < -0.4 is 0 Å². The summed E-state index contributed by atoms with van der Waals surface area (Å²) in [6.07, 6.45) is 3.61. The predicted molar refractivity (Wildman–Crippen MR) is 93.0 cm³/mol. The molecule has 0 saturated heterocycles. The summed E-state index contributed by atoms with van der Waals surface area (Å²) in [6.45, 7) is 0.466. The van der Waals surface area contributed by atoms with Gasteiger partial charge in [0.15, 0.2) is 0 Å². The molecule has 0 bridgehead atoms. The smallest absolute Gasteiger partial charge is 0.271 e. The highest BCUT2D eigenvalue weighted by atomic mass is 35.5. The maximum absolute atomic E-state index is 12.5. The van der Waals surface area contributed by atoms with Gasteiger partial charge in [-0.2, -0.15) is 10.2 Å². The number of halogens is 2. The third-order valence-electron chi connectivity index (χ3n) is 3.55. The normalized spacial score (nSPS) is 10.8. The minimum atomic E-state index is -0.155. The van der Waals surface area contributed by atoms with Crippen LogP contribution in [-0.4, -0.2) is 37.8 Å². The molecule has 2 heterocycles. The molecule has 8 heteroatoms. The maximum Gasteiger partial charge on any atom is 0.271 e. The number of nitrogens with zero attached hydrogens (tertiary/aromatic N) is 4. The van der Waals surface area contributed by atoms with Crippen molar-refractivity contribution in [2.75, 3.05) is 7.05 Å². The molecular weight excluding hydrogens is 349 g/mol. The summed E-state index contributed by atoms with van der Waals surface area (Å²) in [5.41, 5.74) is 2.78. The van der Waals surface area contributed by atoms with Crippen molar-refractivity contribution in [2.24, 2.45) is 7.05 Å². The number of hydrogen-bond donors (Lipinski definition) is 1. The number of nitrogens with one attached hydrogen (secondary N) is 1. The highest BCUT2D eigenvalue weighted by molar-refractivity contribution is 6.42. The Labute approximate surface area is 149 Å². The van der Waals surface area contributed by atoms with E-state index in [1.54, 1.807) is 47.1 Å². The molecule has 0 saturated carbocycles. The minimum Gasteiger partial charge on any atom is -0.336 e. The number of carbonyl (C=O) groups excluding carboxylic acids is 1. The number of aryl methyl sites for hydroxylation is 1. The molecule has 124 valence electrons. The summed E-state index contributed by atoms with van der Waals surface area (Å²) in [7, 11) is 3.57. The molecule has 3 aromatic rings. The molecule has 0 spiro atoms. The quantitative estimate of drug-likeness (QED) is 0.772. The van der Waals surface area contributed by atoms with Crippen LogP contribution in [0.3, 0.4) is 0 Å². The van der Waals surface area contributed by atoms with Crippen LogP contribution in [0.1, 0.15) is 16.1 Å². The van der Waals surface area contributed by atoms with E-state index in [0.29, 0.717) is 28.0 Å². The largest absolute Gasteiger partial charge is 0.336 e. The highest BCUT2D eigenvalue weighted by Crippen LogP contribution is 2.27. The van der Waals surface area contributed by atoms with Crippen LogP contribution in [-0.2, 0) is 13.6 Å². The van der Waals surface area contributed by atoms with Crippen LogP contribution in [0.15, 0.2) is 36.7 Å². The summed E-state index contributed by atoms with van der Waals surface area (Å²) >= 11 is 11.9. The Balaban J connectivity index is 1.76. The van der Waals surface area contributed by atoms with E-state index in [9.17, 15) is 4.79 Å². The lowest BCUT2D eigenvalue weighted by molar-refractivity contribution is 0.0779.